The third kappa shape index (κ3) is 5.54. The predicted molar refractivity (Wildman–Crippen MR) is 112 cm³/mol. The van der Waals surface area contributed by atoms with E-state index in [1.165, 1.54) is 24.1 Å². The first-order chi connectivity index (χ1) is 14.7. The minimum atomic E-state index is -1.10. The first kappa shape index (κ1) is 22.2. The van der Waals surface area contributed by atoms with Crippen molar-refractivity contribution in [1.29, 1.82) is 0 Å². The molecule has 0 saturated carbocycles. The normalized spacial score (nSPS) is 16.6. The molecule has 1 fully saturated rings. The number of anilines is 2. The SMILES string of the molecule is CC(=O)N1CCN(Cc2cccc(NC(=O)Nc3ccc(C)nc3)c2F)C[C@H]1C(=O)O. The van der Waals surface area contributed by atoms with Crippen LogP contribution < -0.4 is 10.6 Å². The Labute approximate surface area is 178 Å². The molecular weight excluding hydrogens is 405 g/mol. The summed E-state index contributed by atoms with van der Waals surface area (Å²) in [6.07, 6.45) is 1.50. The topological polar surface area (TPSA) is 115 Å². The van der Waals surface area contributed by atoms with Gasteiger partial charge in [-0.15, -0.1) is 0 Å². The van der Waals surface area contributed by atoms with Crippen LogP contribution in [0.1, 0.15) is 18.2 Å². The Kier molecular flexibility index (Phi) is 6.81. The van der Waals surface area contributed by atoms with Gasteiger partial charge < -0.3 is 20.6 Å². The van der Waals surface area contributed by atoms with Crippen LogP contribution in [-0.4, -0.2) is 63.5 Å². The molecule has 2 aromatic rings. The number of nitrogens with zero attached hydrogens (tertiary/aromatic N) is 3. The van der Waals surface area contributed by atoms with Crippen molar-refractivity contribution in [3.8, 4) is 0 Å². The number of aliphatic carboxylic acids is 1. The summed E-state index contributed by atoms with van der Waals surface area (Å²) in [6.45, 7) is 4.06. The van der Waals surface area contributed by atoms with Gasteiger partial charge in [-0.2, -0.15) is 0 Å². The number of aromatic nitrogens is 1. The van der Waals surface area contributed by atoms with E-state index in [4.69, 9.17) is 0 Å². The van der Waals surface area contributed by atoms with E-state index in [0.717, 1.165) is 5.69 Å². The second-order valence-electron chi connectivity index (χ2n) is 7.35. The van der Waals surface area contributed by atoms with Gasteiger partial charge in [0.25, 0.3) is 0 Å². The minimum absolute atomic E-state index is 0.00669. The van der Waals surface area contributed by atoms with Crippen molar-refractivity contribution in [3.05, 3.63) is 53.6 Å². The molecule has 3 N–H and O–H groups in total. The van der Waals surface area contributed by atoms with Gasteiger partial charge in [0, 0.05) is 44.4 Å². The monoisotopic (exact) mass is 429 g/mol. The van der Waals surface area contributed by atoms with Gasteiger partial charge >= 0.3 is 12.0 Å². The lowest BCUT2D eigenvalue weighted by Gasteiger charge is -2.38. The summed E-state index contributed by atoms with van der Waals surface area (Å²) in [6, 6.07) is 6.48. The number of hydrogen-bond donors (Lipinski definition) is 3. The molecule has 1 aromatic heterocycles. The molecule has 1 aliphatic rings. The second-order valence-corrected chi connectivity index (χ2v) is 7.35. The second kappa shape index (κ2) is 9.52. The Hall–Kier alpha value is -3.53. The number of hydrogen-bond acceptors (Lipinski definition) is 5. The molecular formula is C21H24FN5O4. The lowest BCUT2D eigenvalue weighted by Crippen LogP contribution is -2.57. The summed E-state index contributed by atoms with van der Waals surface area (Å²) in [4.78, 5) is 42.6. The zero-order chi connectivity index (χ0) is 22.5. The van der Waals surface area contributed by atoms with Gasteiger partial charge in [-0.05, 0) is 25.1 Å². The van der Waals surface area contributed by atoms with Gasteiger partial charge in [0.1, 0.15) is 6.04 Å². The zero-order valence-electron chi connectivity index (χ0n) is 17.3. The van der Waals surface area contributed by atoms with E-state index in [1.807, 2.05) is 6.92 Å². The first-order valence-electron chi connectivity index (χ1n) is 9.75. The van der Waals surface area contributed by atoms with Gasteiger partial charge in [0.15, 0.2) is 5.82 Å². The Morgan fingerprint density at radius 3 is 2.61 bits per heavy atom. The van der Waals surface area contributed by atoms with Crippen LogP contribution in [0.15, 0.2) is 36.5 Å². The van der Waals surface area contributed by atoms with Crippen LogP contribution in [0.5, 0.6) is 0 Å². The van der Waals surface area contributed by atoms with Crippen molar-refractivity contribution >= 4 is 29.3 Å². The number of carbonyl (C=O) groups is 3. The van der Waals surface area contributed by atoms with Crippen LogP contribution >= 0.6 is 0 Å². The average molecular weight is 429 g/mol. The van der Waals surface area contributed by atoms with Crippen molar-refractivity contribution in [3.63, 3.8) is 0 Å². The van der Waals surface area contributed by atoms with Gasteiger partial charge in [0.2, 0.25) is 5.91 Å². The molecule has 10 heteroatoms. The van der Waals surface area contributed by atoms with Crippen molar-refractivity contribution in [2.24, 2.45) is 0 Å². The van der Waals surface area contributed by atoms with Gasteiger partial charge in [-0.1, -0.05) is 12.1 Å². The highest BCUT2D eigenvalue weighted by atomic mass is 19.1. The fourth-order valence-electron chi connectivity index (χ4n) is 3.44. The smallest absolute Gasteiger partial charge is 0.327 e. The highest BCUT2D eigenvalue weighted by Gasteiger charge is 2.34. The average Bonchev–Trinajstić information content (AvgIpc) is 2.72. The molecule has 1 aromatic carbocycles. The Morgan fingerprint density at radius 2 is 1.97 bits per heavy atom. The summed E-state index contributed by atoms with van der Waals surface area (Å²) < 4.78 is 15.0. The molecule has 3 amide bonds. The highest BCUT2D eigenvalue weighted by Crippen LogP contribution is 2.22. The summed E-state index contributed by atoms with van der Waals surface area (Å²) in [7, 11) is 0. The summed E-state index contributed by atoms with van der Waals surface area (Å²) >= 11 is 0. The van der Waals surface area contributed by atoms with E-state index < -0.39 is 23.9 Å². The Morgan fingerprint density at radius 1 is 1.19 bits per heavy atom. The summed E-state index contributed by atoms with van der Waals surface area (Å²) in [5, 5.41) is 14.5. The molecule has 9 nitrogen and oxygen atoms in total. The largest absolute Gasteiger partial charge is 0.480 e. The Balaban J connectivity index is 1.66. The number of benzene rings is 1. The third-order valence-corrected chi connectivity index (χ3v) is 5.04. The van der Waals surface area contributed by atoms with Crippen LogP contribution in [-0.2, 0) is 16.1 Å². The lowest BCUT2D eigenvalue weighted by atomic mass is 10.1. The number of nitrogens with one attached hydrogen (secondary N) is 2. The summed E-state index contributed by atoms with van der Waals surface area (Å²) in [5.41, 5.74) is 1.60. The van der Waals surface area contributed by atoms with E-state index in [0.29, 0.717) is 17.8 Å². The molecule has 2 heterocycles. The van der Waals surface area contributed by atoms with Gasteiger partial charge in [0.05, 0.1) is 17.6 Å². The predicted octanol–water partition coefficient (Wildman–Crippen LogP) is 2.29. The maximum absolute atomic E-state index is 15.0. The van der Waals surface area contributed by atoms with Crippen molar-refractivity contribution in [2.45, 2.75) is 26.4 Å². The van der Waals surface area contributed by atoms with Crippen molar-refractivity contribution in [2.75, 3.05) is 30.3 Å². The van der Waals surface area contributed by atoms with Crippen LogP contribution in [0.3, 0.4) is 0 Å². The number of carboxylic acids is 1. The van der Waals surface area contributed by atoms with E-state index in [9.17, 15) is 23.9 Å². The standard InChI is InChI=1S/C21H24FN5O4/c1-13-6-7-16(10-23-13)24-21(31)25-17-5-3-4-15(19(17)22)11-26-8-9-27(14(2)28)18(12-26)20(29)30/h3-7,10,18H,8-9,11-12H2,1-2H3,(H,29,30)(H2,24,25,31)/t18-/m0/s1. The number of urea groups is 1. The molecule has 1 saturated heterocycles. The molecule has 0 radical (unpaired) electrons. The van der Waals surface area contributed by atoms with Crippen LogP contribution in [0.4, 0.5) is 20.6 Å². The van der Waals surface area contributed by atoms with E-state index in [1.54, 1.807) is 29.2 Å². The van der Waals surface area contributed by atoms with Crippen LogP contribution in [0, 0.1) is 12.7 Å². The maximum Gasteiger partial charge on any atom is 0.327 e. The summed E-state index contributed by atoms with van der Waals surface area (Å²) in [5.74, 6) is -2.00. The quantitative estimate of drug-likeness (QED) is 0.672. The van der Waals surface area contributed by atoms with Crippen LogP contribution in [0.2, 0.25) is 0 Å². The number of rotatable bonds is 5. The maximum atomic E-state index is 15.0. The minimum Gasteiger partial charge on any atom is -0.480 e. The van der Waals surface area contributed by atoms with Crippen LogP contribution in [0.25, 0.3) is 0 Å². The van der Waals surface area contributed by atoms with Gasteiger partial charge in [-0.3, -0.25) is 14.7 Å². The molecule has 0 spiro atoms. The fourth-order valence-corrected chi connectivity index (χ4v) is 3.44. The number of aryl methyl sites for hydroxylation is 1. The van der Waals surface area contributed by atoms with Crippen molar-refractivity contribution < 1.29 is 23.9 Å². The van der Waals surface area contributed by atoms with E-state index in [-0.39, 0.29) is 31.2 Å². The molecule has 0 unspecified atom stereocenters. The zero-order valence-corrected chi connectivity index (χ0v) is 17.3. The number of carbonyl (C=O) groups excluding carboxylic acids is 2. The molecule has 1 atom stereocenters. The van der Waals surface area contributed by atoms with E-state index in [2.05, 4.69) is 15.6 Å². The molecule has 31 heavy (non-hydrogen) atoms. The Bertz CT molecular complexity index is 982. The number of pyridine rings is 1. The highest BCUT2D eigenvalue weighted by molar-refractivity contribution is 5.99. The first-order valence-corrected chi connectivity index (χ1v) is 9.75. The van der Waals surface area contributed by atoms with Gasteiger partial charge in [-0.25, -0.2) is 14.0 Å². The molecule has 3 rings (SSSR count). The lowest BCUT2D eigenvalue weighted by molar-refractivity contribution is -0.153. The number of piperazine rings is 1. The van der Waals surface area contributed by atoms with Crippen molar-refractivity contribution in [1.82, 2.24) is 14.8 Å². The third-order valence-electron chi connectivity index (χ3n) is 5.04. The van der Waals surface area contributed by atoms with E-state index >= 15 is 0 Å². The molecule has 0 aliphatic carbocycles. The number of halogens is 1. The molecule has 1 aliphatic heterocycles. The number of amides is 3. The molecule has 0 bridgehead atoms. The number of carboxylic acid groups (broad SMARTS) is 1. The fraction of sp³-hybridized carbons (Fsp3) is 0.333. The molecule has 164 valence electrons.